The minimum absolute atomic E-state index is 0.523. The van der Waals surface area contributed by atoms with Crippen LogP contribution < -0.4 is 5.32 Å². The lowest BCUT2D eigenvalue weighted by molar-refractivity contribution is 0.677. The third-order valence-corrected chi connectivity index (χ3v) is 4.21. The maximum atomic E-state index is 4.48. The van der Waals surface area contributed by atoms with E-state index in [0.29, 0.717) is 17.8 Å². The van der Waals surface area contributed by atoms with Crippen molar-refractivity contribution in [2.45, 2.75) is 31.7 Å². The van der Waals surface area contributed by atoms with Gasteiger partial charge >= 0.3 is 0 Å². The van der Waals surface area contributed by atoms with Crippen molar-refractivity contribution in [3.8, 4) is 0 Å². The summed E-state index contributed by atoms with van der Waals surface area (Å²) in [6, 6.07) is 0.523. The Morgan fingerprint density at radius 2 is 2.43 bits per heavy atom. The van der Waals surface area contributed by atoms with Crippen LogP contribution in [0.3, 0.4) is 0 Å². The summed E-state index contributed by atoms with van der Waals surface area (Å²) in [4.78, 5) is 8.67. The molecule has 0 spiro atoms. The zero-order valence-electron chi connectivity index (χ0n) is 8.23. The number of amidine groups is 1. The molecule has 0 saturated carbocycles. The molecule has 1 aliphatic heterocycles. The zero-order valence-corrected chi connectivity index (χ0v) is 9.86. The number of nitrogens with one attached hydrogen (secondary N) is 1. The number of thiazole rings is 1. The summed E-state index contributed by atoms with van der Waals surface area (Å²) in [5, 5.41) is 8.09. The molecule has 1 fully saturated rings. The van der Waals surface area contributed by atoms with Crippen molar-refractivity contribution < 1.29 is 0 Å². The van der Waals surface area contributed by atoms with Gasteiger partial charge < -0.3 is 5.32 Å². The summed E-state index contributed by atoms with van der Waals surface area (Å²) < 4.78 is 0. The maximum Gasteiger partial charge on any atom is 0.157 e. The second-order valence-electron chi connectivity index (χ2n) is 3.30. The van der Waals surface area contributed by atoms with Crippen LogP contribution in [0.5, 0.6) is 0 Å². The van der Waals surface area contributed by atoms with Crippen LogP contribution in [0, 0.1) is 0 Å². The van der Waals surface area contributed by atoms with Crippen molar-refractivity contribution in [3.05, 3.63) is 16.6 Å². The lowest BCUT2D eigenvalue weighted by Crippen LogP contribution is -2.26. The van der Waals surface area contributed by atoms with Crippen molar-refractivity contribution in [2.24, 2.45) is 4.99 Å². The first-order chi connectivity index (χ1) is 6.75. The van der Waals surface area contributed by atoms with Crippen LogP contribution in [-0.2, 0) is 6.54 Å². The number of aliphatic imine (C=N–C) groups is 1. The van der Waals surface area contributed by atoms with Crippen LogP contribution in [0.15, 0.2) is 16.6 Å². The van der Waals surface area contributed by atoms with E-state index >= 15 is 0 Å². The minimum atomic E-state index is 0.523. The van der Waals surface area contributed by atoms with Gasteiger partial charge in [0.05, 0.1) is 6.54 Å². The molecule has 14 heavy (non-hydrogen) atoms. The number of nitrogens with zero attached hydrogens (tertiary/aromatic N) is 2. The van der Waals surface area contributed by atoms with Gasteiger partial charge in [-0.2, -0.15) is 0 Å². The number of aromatic nitrogens is 1. The van der Waals surface area contributed by atoms with E-state index in [9.17, 15) is 0 Å². The van der Waals surface area contributed by atoms with Crippen LogP contribution in [0.25, 0.3) is 0 Å². The van der Waals surface area contributed by atoms with Gasteiger partial charge in [0.2, 0.25) is 0 Å². The first-order valence-corrected chi connectivity index (χ1v) is 6.37. The van der Waals surface area contributed by atoms with Gasteiger partial charge in [-0.25, -0.2) is 4.98 Å². The first-order valence-electron chi connectivity index (χ1n) is 4.61. The molecule has 76 valence electrons. The summed E-state index contributed by atoms with van der Waals surface area (Å²) in [6.07, 6.45) is 1.82. The van der Waals surface area contributed by atoms with Gasteiger partial charge in [0.15, 0.2) is 5.17 Å². The van der Waals surface area contributed by atoms with Crippen molar-refractivity contribution in [1.82, 2.24) is 10.3 Å². The Balaban J connectivity index is 1.93. The van der Waals surface area contributed by atoms with Gasteiger partial charge in [0.25, 0.3) is 0 Å². The molecule has 1 N–H and O–H groups in total. The molecule has 2 unspecified atom stereocenters. The Morgan fingerprint density at radius 1 is 1.57 bits per heavy atom. The van der Waals surface area contributed by atoms with Gasteiger partial charge in [0.1, 0.15) is 5.01 Å². The molecule has 1 aliphatic rings. The third kappa shape index (κ3) is 2.27. The Bertz CT molecular complexity index is 309. The summed E-state index contributed by atoms with van der Waals surface area (Å²) in [6.45, 7) is 5.10. The Kier molecular flexibility index (Phi) is 3.08. The molecule has 1 aromatic heterocycles. The Labute approximate surface area is 92.0 Å². The zero-order chi connectivity index (χ0) is 9.97. The fourth-order valence-corrected chi connectivity index (χ4v) is 2.73. The first kappa shape index (κ1) is 9.98. The normalized spacial score (nSPS) is 29.4. The van der Waals surface area contributed by atoms with Gasteiger partial charge in [0, 0.05) is 22.9 Å². The second kappa shape index (κ2) is 4.31. The summed E-state index contributed by atoms with van der Waals surface area (Å²) in [7, 11) is 0. The molecule has 2 rings (SSSR count). The highest BCUT2D eigenvalue weighted by Crippen LogP contribution is 2.22. The monoisotopic (exact) mass is 227 g/mol. The number of hydrogen-bond donors (Lipinski definition) is 1. The summed E-state index contributed by atoms with van der Waals surface area (Å²) in [5.41, 5.74) is 0. The highest BCUT2D eigenvalue weighted by atomic mass is 32.2. The maximum absolute atomic E-state index is 4.48. The van der Waals surface area contributed by atoms with E-state index in [1.54, 1.807) is 11.3 Å². The SMILES string of the molecule is CC1NC(=NCc2nccs2)SC1C. The molecule has 0 radical (unpaired) electrons. The quantitative estimate of drug-likeness (QED) is 0.841. The van der Waals surface area contributed by atoms with E-state index < -0.39 is 0 Å². The van der Waals surface area contributed by atoms with Crippen LogP contribution in [0.1, 0.15) is 18.9 Å². The number of rotatable bonds is 2. The van der Waals surface area contributed by atoms with Gasteiger partial charge in [-0.15, -0.1) is 11.3 Å². The fraction of sp³-hybridized carbons (Fsp3) is 0.556. The van der Waals surface area contributed by atoms with Crippen molar-refractivity contribution in [1.29, 1.82) is 0 Å². The van der Waals surface area contributed by atoms with E-state index in [1.165, 1.54) is 0 Å². The van der Waals surface area contributed by atoms with Gasteiger partial charge in [-0.05, 0) is 6.92 Å². The minimum Gasteiger partial charge on any atom is -0.361 e. The molecule has 2 heterocycles. The molecule has 3 nitrogen and oxygen atoms in total. The average molecular weight is 227 g/mol. The molecule has 0 bridgehead atoms. The highest BCUT2D eigenvalue weighted by Gasteiger charge is 2.23. The van der Waals surface area contributed by atoms with E-state index in [4.69, 9.17) is 0 Å². The van der Waals surface area contributed by atoms with E-state index in [-0.39, 0.29) is 0 Å². The lowest BCUT2D eigenvalue weighted by Gasteiger charge is -2.04. The molecular formula is C9H13N3S2. The van der Waals surface area contributed by atoms with Crippen molar-refractivity contribution in [3.63, 3.8) is 0 Å². The lowest BCUT2D eigenvalue weighted by atomic mass is 10.3. The highest BCUT2D eigenvalue weighted by molar-refractivity contribution is 8.14. The molecule has 1 saturated heterocycles. The van der Waals surface area contributed by atoms with Crippen molar-refractivity contribution in [2.75, 3.05) is 0 Å². The van der Waals surface area contributed by atoms with Crippen LogP contribution in [0.2, 0.25) is 0 Å². The van der Waals surface area contributed by atoms with Crippen LogP contribution >= 0.6 is 23.1 Å². The van der Waals surface area contributed by atoms with Gasteiger partial charge in [-0.3, -0.25) is 4.99 Å². The van der Waals surface area contributed by atoms with Gasteiger partial charge in [-0.1, -0.05) is 18.7 Å². The molecule has 0 amide bonds. The number of thioether (sulfide) groups is 1. The fourth-order valence-electron chi connectivity index (χ4n) is 1.18. The van der Waals surface area contributed by atoms with Crippen LogP contribution in [-0.4, -0.2) is 21.4 Å². The largest absolute Gasteiger partial charge is 0.361 e. The average Bonchev–Trinajstić information content (AvgIpc) is 2.74. The summed E-state index contributed by atoms with van der Waals surface area (Å²) in [5.74, 6) is 0. The molecule has 0 aliphatic carbocycles. The van der Waals surface area contributed by atoms with E-state index in [1.807, 2.05) is 23.3 Å². The van der Waals surface area contributed by atoms with E-state index in [2.05, 4.69) is 29.1 Å². The second-order valence-corrected chi connectivity index (χ2v) is 5.65. The Morgan fingerprint density at radius 3 is 3.00 bits per heavy atom. The standard InChI is InChI=1S/C9H13N3S2/c1-6-7(2)14-9(12-6)11-5-8-10-3-4-13-8/h3-4,6-7H,5H2,1-2H3,(H,11,12). The predicted molar refractivity (Wildman–Crippen MR) is 62.9 cm³/mol. The smallest absolute Gasteiger partial charge is 0.157 e. The molecular weight excluding hydrogens is 214 g/mol. The molecule has 2 atom stereocenters. The Hall–Kier alpha value is -0.550. The third-order valence-electron chi connectivity index (χ3n) is 2.19. The topological polar surface area (TPSA) is 37.3 Å². The summed E-state index contributed by atoms with van der Waals surface area (Å²) >= 11 is 3.46. The van der Waals surface area contributed by atoms with E-state index in [0.717, 1.165) is 10.2 Å². The van der Waals surface area contributed by atoms with Crippen molar-refractivity contribution >= 4 is 28.3 Å². The van der Waals surface area contributed by atoms with Crippen LogP contribution in [0.4, 0.5) is 0 Å². The molecule has 1 aromatic rings. The number of hydrogen-bond acceptors (Lipinski definition) is 4. The predicted octanol–water partition coefficient (Wildman–Crippen LogP) is 2.11. The molecule has 5 heteroatoms. The molecule has 0 aromatic carbocycles.